The highest BCUT2D eigenvalue weighted by Crippen LogP contribution is 2.16. The number of aliphatic hydroxyl groups excluding tert-OH is 1. The van der Waals surface area contributed by atoms with Gasteiger partial charge in [0, 0.05) is 12.8 Å². The summed E-state index contributed by atoms with van der Waals surface area (Å²) >= 11 is 2.87. The van der Waals surface area contributed by atoms with Crippen molar-refractivity contribution in [2.45, 2.75) is 19.1 Å². The van der Waals surface area contributed by atoms with E-state index < -0.39 is 12.2 Å². The van der Waals surface area contributed by atoms with Gasteiger partial charge in [-0.15, -0.1) is 5.06 Å². The van der Waals surface area contributed by atoms with E-state index in [4.69, 9.17) is 5.11 Å². The molecule has 0 radical (unpaired) electrons. The van der Waals surface area contributed by atoms with Gasteiger partial charge in [0.05, 0.1) is 0 Å². The van der Waals surface area contributed by atoms with Gasteiger partial charge in [-0.05, 0) is 0 Å². The van der Waals surface area contributed by atoms with Crippen LogP contribution in [-0.4, -0.2) is 33.6 Å². The minimum atomic E-state index is -0.986. The summed E-state index contributed by atoms with van der Waals surface area (Å²) in [5.41, 5.74) is 0. The molecule has 6 heteroatoms. The zero-order valence-electron chi connectivity index (χ0n) is 6.20. The van der Waals surface area contributed by atoms with Crippen LogP contribution in [0.3, 0.4) is 0 Å². The summed E-state index contributed by atoms with van der Waals surface area (Å²) in [6.45, 7) is 0. The van der Waals surface area contributed by atoms with Crippen LogP contribution >= 0.6 is 15.9 Å². The van der Waals surface area contributed by atoms with E-state index in [1.165, 1.54) is 0 Å². The second-order valence-electron chi connectivity index (χ2n) is 2.34. The minimum Gasteiger partial charge on any atom is -0.370 e. The number of aliphatic hydroxyl groups is 1. The van der Waals surface area contributed by atoms with Gasteiger partial charge < -0.3 is 9.94 Å². The van der Waals surface area contributed by atoms with Crippen molar-refractivity contribution in [3.05, 3.63) is 0 Å². The molecule has 0 bridgehead atoms. The quantitative estimate of drug-likeness (QED) is 0.675. The molecule has 68 valence electrons. The Morgan fingerprint density at radius 1 is 1.83 bits per heavy atom. The highest BCUT2D eigenvalue weighted by molar-refractivity contribution is 9.09. The first kappa shape index (κ1) is 9.47. The SMILES string of the molecule is O=C(CBr)ON1C(=O)CC[C@H]1O. The lowest BCUT2D eigenvalue weighted by molar-refractivity contribution is -0.218. The first-order valence-corrected chi connectivity index (χ1v) is 4.54. The number of carbonyl (C=O) groups is 2. The van der Waals surface area contributed by atoms with Gasteiger partial charge >= 0.3 is 5.97 Å². The van der Waals surface area contributed by atoms with E-state index in [-0.39, 0.29) is 17.7 Å². The first-order chi connectivity index (χ1) is 5.65. The van der Waals surface area contributed by atoms with Crippen molar-refractivity contribution in [2.24, 2.45) is 0 Å². The molecule has 1 fully saturated rings. The number of hydroxylamine groups is 2. The van der Waals surface area contributed by atoms with Crippen molar-refractivity contribution in [2.75, 3.05) is 5.33 Å². The molecular weight excluding hydrogens is 230 g/mol. The smallest absolute Gasteiger partial charge is 0.343 e. The van der Waals surface area contributed by atoms with Crippen molar-refractivity contribution < 1.29 is 19.5 Å². The van der Waals surface area contributed by atoms with E-state index in [1.54, 1.807) is 0 Å². The maximum Gasteiger partial charge on any atom is 0.343 e. The number of rotatable bonds is 2. The molecule has 1 aliphatic heterocycles. The molecule has 0 aromatic rings. The summed E-state index contributed by atoms with van der Waals surface area (Å²) in [6.07, 6.45) is -0.453. The number of halogens is 1. The molecule has 0 saturated carbocycles. The van der Waals surface area contributed by atoms with Crippen LogP contribution in [0.5, 0.6) is 0 Å². The molecule has 1 rings (SSSR count). The molecule has 0 aromatic carbocycles. The second-order valence-corrected chi connectivity index (χ2v) is 2.90. The van der Waals surface area contributed by atoms with Crippen molar-refractivity contribution >= 4 is 27.8 Å². The molecule has 0 aromatic heterocycles. The van der Waals surface area contributed by atoms with Crippen molar-refractivity contribution in [3.8, 4) is 0 Å². The minimum absolute atomic E-state index is 0.00347. The van der Waals surface area contributed by atoms with Crippen LogP contribution in [0.1, 0.15) is 12.8 Å². The molecule has 1 N–H and O–H groups in total. The van der Waals surface area contributed by atoms with Crippen LogP contribution in [0.25, 0.3) is 0 Å². The summed E-state index contributed by atoms with van der Waals surface area (Å²) in [4.78, 5) is 26.1. The molecule has 1 heterocycles. The number of carbonyl (C=O) groups excluding carboxylic acids is 2. The summed E-state index contributed by atoms with van der Waals surface area (Å²) in [5, 5.41) is 9.83. The highest BCUT2D eigenvalue weighted by Gasteiger charge is 2.32. The van der Waals surface area contributed by atoms with Crippen LogP contribution in [0.15, 0.2) is 0 Å². The van der Waals surface area contributed by atoms with E-state index in [0.717, 1.165) is 0 Å². The number of hydrogen-bond acceptors (Lipinski definition) is 4. The predicted molar refractivity (Wildman–Crippen MR) is 42.0 cm³/mol. The van der Waals surface area contributed by atoms with Crippen LogP contribution in [0.4, 0.5) is 0 Å². The monoisotopic (exact) mass is 237 g/mol. The van der Waals surface area contributed by atoms with Gasteiger partial charge in [0.25, 0.3) is 5.91 Å². The molecular formula is C6H8BrNO4. The van der Waals surface area contributed by atoms with Crippen LogP contribution in [0.2, 0.25) is 0 Å². The Hall–Kier alpha value is -0.620. The van der Waals surface area contributed by atoms with E-state index in [1.807, 2.05) is 0 Å². The molecule has 1 aliphatic rings. The van der Waals surface area contributed by atoms with E-state index in [2.05, 4.69) is 20.8 Å². The normalized spacial score (nSPS) is 23.0. The topological polar surface area (TPSA) is 66.8 Å². The van der Waals surface area contributed by atoms with Crippen molar-refractivity contribution in [1.82, 2.24) is 5.06 Å². The number of amides is 1. The van der Waals surface area contributed by atoms with Crippen molar-refractivity contribution in [3.63, 3.8) is 0 Å². The Labute approximate surface area is 77.4 Å². The lowest BCUT2D eigenvalue weighted by Crippen LogP contribution is -2.35. The lowest BCUT2D eigenvalue weighted by Gasteiger charge is -2.17. The highest BCUT2D eigenvalue weighted by atomic mass is 79.9. The molecule has 5 nitrogen and oxygen atoms in total. The summed E-state index contributed by atoms with van der Waals surface area (Å²) in [6, 6.07) is 0. The molecule has 12 heavy (non-hydrogen) atoms. The van der Waals surface area contributed by atoms with Gasteiger partial charge in [-0.25, -0.2) is 4.79 Å². The average Bonchev–Trinajstić information content (AvgIpc) is 2.35. The Bertz CT molecular complexity index is 208. The van der Waals surface area contributed by atoms with Gasteiger partial charge in [0.2, 0.25) is 0 Å². The van der Waals surface area contributed by atoms with Gasteiger partial charge in [-0.3, -0.25) is 4.79 Å². The van der Waals surface area contributed by atoms with Crippen LogP contribution < -0.4 is 0 Å². The third-order valence-electron chi connectivity index (χ3n) is 1.44. The fourth-order valence-corrected chi connectivity index (χ4v) is 0.994. The average molecular weight is 238 g/mol. The standard InChI is InChI=1S/C6H8BrNO4/c7-3-6(11)12-8-4(9)1-2-5(8)10/h4,9H,1-3H2/t4-/m1/s1. The maximum atomic E-state index is 10.9. The van der Waals surface area contributed by atoms with Gasteiger partial charge in [-0.1, -0.05) is 15.9 Å². The first-order valence-electron chi connectivity index (χ1n) is 3.42. The van der Waals surface area contributed by atoms with Gasteiger partial charge in [0.15, 0.2) is 6.23 Å². The Kier molecular flexibility index (Phi) is 3.05. The largest absolute Gasteiger partial charge is 0.370 e. The van der Waals surface area contributed by atoms with Gasteiger partial charge in [-0.2, -0.15) is 0 Å². The fraction of sp³-hybridized carbons (Fsp3) is 0.667. The zero-order valence-corrected chi connectivity index (χ0v) is 7.78. The van der Waals surface area contributed by atoms with Crippen LogP contribution in [-0.2, 0) is 14.4 Å². The van der Waals surface area contributed by atoms with Crippen LogP contribution in [0, 0.1) is 0 Å². The summed E-state index contributed by atoms with van der Waals surface area (Å²) < 4.78 is 0. The number of nitrogens with zero attached hydrogens (tertiary/aromatic N) is 1. The van der Waals surface area contributed by atoms with E-state index >= 15 is 0 Å². The molecule has 1 amide bonds. The Balaban J connectivity index is 2.50. The van der Waals surface area contributed by atoms with Gasteiger partial charge in [0.1, 0.15) is 5.33 Å². The molecule has 0 spiro atoms. The zero-order chi connectivity index (χ0) is 9.14. The lowest BCUT2D eigenvalue weighted by atomic mass is 10.4. The maximum absolute atomic E-state index is 10.9. The van der Waals surface area contributed by atoms with E-state index in [0.29, 0.717) is 11.5 Å². The molecule has 0 unspecified atom stereocenters. The predicted octanol–water partition coefficient (Wildman–Crippen LogP) is -0.220. The number of alkyl halides is 1. The van der Waals surface area contributed by atoms with E-state index in [9.17, 15) is 9.59 Å². The second kappa shape index (κ2) is 3.86. The Morgan fingerprint density at radius 3 is 2.92 bits per heavy atom. The van der Waals surface area contributed by atoms with Crippen molar-refractivity contribution in [1.29, 1.82) is 0 Å². The Morgan fingerprint density at radius 2 is 2.50 bits per heavy atom. The molecule has 1 atom stereocenters. The third-order valence-corrected chi connectivity index (χ3v) is 1.90. The third kappa shape index (κ3) is 1.95. The number of hydrogen-bond donors (Lipinski definition) is 1. The molecule has 1 saturated heterocycles. The summed E-state index contributed by atoms with van der Waals surface area (Å²) in [5.74, 6) is -0.957. The summed E-state index contributed by atoms with van der Waals surface area (Å²) in [7, 11) is 0. The fourth-order valence-electron chi connectivity index (χ4n) is 0.892. The molecule has 0 aliphatic carbocycles.